The summed E-state index contributed by atoms with van der Waals surface area (Å²) in [4.78, 5) is 32.2. The van der Waals surface area contributed by atoms with E-state index in [9.17, 15) is 23.1 Å². The van der Waals surface area contributed by atoms with Crippen LogP contribution in [0.2, 0.25) is 0 Å². The Balaban J connectivity index is 1.83. The summed E-state index contributed by atoms with van der Waals surface area (Å²) < 4.78 is 26.0. The third-order valence-corrected chi connectivity index (χ3v) is 8.44. The van der Waals surface area contributed by atoms with Crippen LogP contribution in [0.4, 0.5) is 0 Å². The molecule has 0 spiro atoms. The zero-order chi connectivity index (χ0) is 27.8. The standard InChI is InChI=1S/C29H31N3O5S/c1-29(2,3)22-12-8-20(9-13-22)25-24(27(34)28(35)32(25)18-19-7-6-16-30-17-19)26(33)21-10-14-23(15-11-21)38(36,37)31(4)5/h6-17,25,33H,18H2,1-5H3/b26-24+. The minimum absolute atomic E-state index is 0.0467. The lowest BCUT2D eigenvalue weighted by molar-refractivity contribution is -0.140. The maximum atomic E-state index is 13.3. The summed E-state index contributed by atoms with van der Waals surface area (Å²) >= 11 is 0. The number of pyridine rings is 1. The monoisotopic (exact) mass is 533 g/mol. The SMILES string of the molecule is CN(C)S(=O)(=O)c1ccc(/C(O)=C2\C(=O)C(=O)N(Cc3cccnc3)C2c2ccc(C(C)(C)C)cc2)cc1. The number of ketones is 1. The van der Waals surface area contributed by atoms with E-state index in [0.717, 1.165) is 15.4 Å². The van der Waals surface area contributed by atoms with E-state index in [2.05, 4.69) is 25.8 Å². The fraction of sp³-hybridized carbons (Fsp3) is 0.276. The van der Waals surface area contributed by atoms with Crippen molar-refractivity contribution in [3.05, 3.63) is 101 Å². The Labute approximate surface area is 223 Å². The van der Waals surface area contributed by atoms with Crippen LogP contribution in [-0.4, -0.2) is 53.5 Å². The van der Waals surface area contributed by atoms with Crippen molar-refractivity contribution in [1.29, 1.82) is 0 Å². The average molecular weight is 534 g/mol. The first-order chi connectivity index (χ1) is 17.8. The van der Waals surface area contributed by atoms with E-state index in [1.54, 1.807) is 18.5 Å². The molecule has 1 aromatic heterocycles. The number of Topliss-reactive ketones (excluding diaryl/α,β-unsaturated/α-hetero) is 1. The highest BCUT2D eigenvalue weighted by Gasteiger charge is 2.46. The van der Waals surface area contributed by atoms with Gasteiger partial charge in [-0.2, -0.15) is 0 Å². The summed E-state index contributed by atoms with van der Waals surface area (Å²) in [7, 11) is -0.814. The topological polar surface area (TPSA) is 108 Å². The molecule has 4 rings (SSSR count). The van der Waals surface area contributed by atoms with Crippen molar-refractivity contribution in [2.24, 2.45) is 0 Å². The molecular formula is C29H31N3O5S. The van der Waals surface area contributed by atoms with E-state index in [1.807, 2.05) is 30.3 Å². The van der Waals surface area contributed by atoms with Crippen molar-refractivity contribution >= 4 is 27.5 Å². The van der Waals surface area contributed by atoms with Crippen molar-refractivity contribution in [3.8, 4) is 0 Å². The third kappa shape index (κ3) is 5.12. The van der Waals surface area contributed by atoms with Gasteiger partial charge in [0, 0.05) is 38.6 Å². The number of benzene rings is 2. The summed E-state index contributed by atoms with van der Waals surface area (Å²) in [6, 6.07) is 16.0. The summed E-state index contributed by atoms with van der Waals surface area (Å²) in [5, 5.41) is 11.3. The number of nitrogens with zero attached hydrogens (tertiary/aromatic N) is 3. The van der Waals surface area contributed by atoms with E-state index >= 15 is 0 Å². The molecule has 2 aromatic carbocycles. The number of amides is 1. The highest BCUT2D eigenvalue weighted by Crippen LogP contribution is 2.41. The largest absolute Gasteiger partial charge is 0.507 e. The fourth-order valence-electron chi connectivity index (χ4n) is 4.39. The number of rotatable bonds is 6. The maximum Gasteiger partial charge on any atom is 0.295 e. The smallest absolute Gasteiger partial charge is 0.295 e. The average Bonchev–Trinajstić information content (AvgIpc) is 3.13. The zero-order valence-electron chi connectivity index (χ0n) is 22.0. The molecule has 1 unspecified atom stereocenters. The Bertz CT molecular complexity index is 1490. The molecule has 3 aromatic rings. The minimum Gasteiger partial charge on any atom is -0.507 e. The van der Waals surface area contributed by atoms with Gasteiger partial charge in [0.15, 0.2) is 0 Å². The first-order valence-corrected chi connectivity index (χ1v) is 13.6. The number of hydrogen-bond acceptors (Lipinski definition) is 6. The molecular weight excluding hydrogens is 502 g/mol. The molecule has 1 atom stereocenters. The first kappa shape index (κ1) is 27.2. The van der Waals surface area contributed by atoms with Crippen LogP contribution in [0.15, 0.2) is 83.5 Å². The van der Waals surface area contributed by atoms with E-state index in [4.69, 9.17) is 0 Å². The number of carbonyl (C=O) groups is 2. The minimum atomic E-state index is -3.67. The molecule has 1 aliphatic rings. The lowest BCUT2D eigenvalue weighted by Gasteiger charge is -2.26. The van der Waals surface area contributed by atoms with E-state index in [0.29, 0.717) is 5.56 Å². The molecule has 9 heteroatoms. The quantitative estimate of drug-likeness (QED) is 0.288. The Morgan fingerprint density at radius 1 is 1.00 bits per heavy atom. The van der Waals surface area contributed by atoms with Crippen LogP contribution in [-0.2, 0) is 31.6 Å². The Morgan fingerprint density at radius 2 is 1.63 bits per heavy atom. The molecule has 1 saturated heterocycles. The number of likely N-dealkylation sites (tertiary alicyclic amines) is 1. The number of aliphatic hydroxyl groups excluding tert-OH is 1. The number of aliphatic hydroxyl groups is 1. The van der Waals surface area contributed by atoms with Gasteiger partial charge in [-0.1, -0.05) is 51.1 Å². The highest BCUT2D eigenvalue weighted by atomic mass is 32.2. The summed E-state index contributed by atoms with van der Waals surface area (Å²) in [5.41, 5.74) is 2.59. The highest BCUT2D eigenvalue weighted by molar-refractivity contribution is 7.89. The summed E-state index contributed by atoms with van der Waals surface area (Å²) in [6.07, 6.45) is 3.25. The van der Waals surface area contributed by atoms with E-state index in [-0.39, 0.29) is 33.8 Å². The van der Waals surface area contributed by atoms with E-state index < -0.39 is 27.8 Å². The fourth-order valence-corrected chi connectivity index (χ4v) is 5.30. The number of carbonyl (C=O) groups excluding carboxylic acids is 2. The Hall–Kier alpha value is -3.82. The van der Waals surface area contributed by atoms with Crippen molar-refractivity contribution in [2.45, 2.75) is 43.7 Å². The molecule has 0 bridgehead atoms. The van der Waals surface area contributed by atoms with Gasteiger partial charge in [0.2, 0.25) is 10.0 Å². The molecule has 1 N–H and O–H groups in total. The van der Waals surface area contributed by atoms with Crippen LogP contribution in [0.5, 0.6) is 0 Å². The molecule has 0 aliphatic carbocycles. The van der Waals surface area contributed by atoms with Crippen molar-refractivity contribution in [3.63, 3.8) is 0 Å². The predicted molar refractivity (Wildman–Crippen MR) is 145 cm³/mol. The summed E-state index contributed by atoms with van der Waals surface area (Å²) in [5.74, 6) is -1.90. The van der Waals surface area contributed by atoms with Crippen LogP contribution < -0.4 is 0 Å². The lowest BCUT2D eigenvalue weighted by atomic mass is 9.85. The summed E-state index contributed by atoms with van der Waals surface area (Å²) in [6.45, 7) is 6.41. The zero-order valence-corrected chi connectivity index (χ0v) is 22.9. The van der Waals surface area contributed by atoms with Crippen molar-refractivity contribution in [1.82, 2.24) is 14.2 Å². The van der Waals surface area contributed by atoms with Crippen LogP contribution in [0.25, 0.3) is 5.76 Å². The molecule has 8 nitrogen and oxygen atoms in total. The van der Waals surface area contributed by atoms with E-state index in [1.165, 1.54) is 43.3 Å². The molecule has 1 fully saturated rings. The molecule has 0 saturated carbocycles. The van der Waals surface area contributed by atoms with Crippen LogP contribution in [0.1, 0.15) is 49.1 Å². The second-order valence-electron chi connectivity index (χ2n) is 10.5. The second kappa shape index (κ2) is 10.2. The van der Waals surface area contributed by atoms with Gasteiger partial charge < -0.3 is 10.0 Å². The van der Waals surface area contributed by atoms with Crippen LogP contribution >= 0.6 is 0 Å². The molecule has 0 radical (unpaired) electrons. The van der Waals surface area contributed by atoms with Crippen LogP contribution in [0.3, 0.4) is 0 Å². The van der Waals surface area contributed by atoms with Gasteiger partial charge in [0.25, 0.3) is 11.7 Å². The normalized spacial score (nSPS) is 17.8. The maximum absolute atomic E-state index is 13.3. The van der Waals surface area contributed by atoms with Crippen molar-refractivity contribution in [2.75, 3.05) is 14.1 Å². The Kier molecular flexibility index (Phi) is 7.27. The van der Waals surface area contributed by atoms with Gasteiger partial charge in [0.05, 0.1) is 16.5 Å². The number of aromatic nitrogens is 1. The molecule has 38 heavy (non-hydrogen) atoms. The van der Waals surface area contributed by atoms with Gasteiger partial charge >= 0.3 is 0 Å². The second-order valence-corrected chi connectivity index (χ2v) is 12.6. The third-order valence-electron chi connectivity index (χ3n) is 6.61. The lowest BCUT2D eigenvalue weighted by Crippen LogP contribution is -2.29. The molecule has 2 heterocycles. The number of sulfonamides is 1. The Morgan fingerprint density at radius 3 is 2.16 bits per heavy atom. The predicted octanol–water partition coefficient (Wildman–Crippen LogP) is 4.25. The van der Waals surface area contributed by atoms with Gasteiger partial charge in [-0.25, -0.2) is 12.7 Å². The molecule has 1 aliphatic heterocycles. The van der Waals surface area contributed by atoms with Gasteiger partial charge in [-0.3, -0.25) is 14.6 Å². The van der Waals surface area contributed by atoms with Gasteiger partial charge in [-0.05, 0) is 52.4 Å². The van der Waals surface area contributed by atoms with Gasteiger partial charge in [0.1, 0.15) is 5.76 Å². The van der Waals surface area contributed by atoms with Crippen molar-refractivity contribution < 1.29 is 23.1 Å². The molecule has 1 amide bonds. The number of hydrogen-bond donors (Lipinski definition) is 1. The first-order valence-electron chi connectivity index (χ1n) is 12.1. The van der Waals surface area contributed by atoms with Gasteiger partial charge in [-0.15, -0.1) is 0 Å². The van der Waals surface area contributed by atoms with Crippen LogP contribution in [0, 0.1) is 0 Å². The molecule has 198 valence electrons.